The molecule has 78 valence electrons. The molecule has 0 heteroatoms. The fourth-order valence-electron chi connectivity index (χ4n) is 1.18. The molecule has 0 aromatic rings. The topological polar surface area (TPSA) is 0 Å². The Balaban J connectivity index is 0.000000791. The Hall–Kier alpha value is -1.04. The van der Waals surface area contributed by atoms with Gasteiger partial charge in [-0.3, -0.25) is 0 Å². The molecule has 0 radical (unpaired) electrons. The van der Waals surface area contributed by atoms with E-state index in [1.165, 1.54) is 5.57 Å². The molecule has 1 aliphatic carbocycles. The van der Waals surface area contributed by atoms with Crippen molar-refractivity contribution in [3.63, 3.8) is 0 Å². The Kier molecular flexibility index (Phi) is 7.92. The van der Waals surface area contributed by atoms with Crippen molar-refractivity contribution in [3.8, 4) is 0 Å². The number of allylic oxidation sites excluding steroid dienone is 8. The Morgan fingerprint density at radius 3 is 2.57 bits per heavy atom. The highest BCUT2D eigenvalue weighted by Crippen LogP contribution is 2.17. The van der Waals surface area contributed by atoms with Crippen LogP contribution in [0.1, 0.15) is 34.1 Å². The van der Waals surface area contributed by atoms with Gasteiger partial charge in [0.05, 0.1) is 0 Å². The van der Waals surface area contributed by atoms with Gasteiger partial charge in [0.25, 0.3) is 0 Å². The Morgan fingerprint density at radius 1 is 1.29 bits per heavy atom. The van der Waals surface area contributed by atoms with E-state index in [2.05, 4.69) is 56.4 Å². The van der Waals surface area contributed by atoms with E-state index in [1.807, 2.05) is 13.8 Å². The van der Waals surface area contributed by atoms with Crippen LogP contribution in [0.25, 0.3) is 0 Å². The van der Waals surface area contributed by atoms with Crippen LogP contribution in [0.2, 0.25) is 0 Å². The van der Waals surface area contributed by atoms with Crippen LogP contribution >= 0.6 is 0 Å². The summed E-state index contributed by atoms with van der Waals surface area (Å²) >= 11 is 0. The number of hydrogen-bond donors (Lipinski definition) is 0. The van der Waals surface area contributed by atoms with Gasteiger partial charge in [-0.25, -0.2) is 0 Å². The largest absolute Gasteiger partial charge is 0.0848 e. The minimum atomic E-state index is 0.566. The Bertz CT molecular complexity index is 239. The molecule has 0 nitrogen and oxygen atoms in total. The molecule has 0 bridgehead atoms. The van der Waals surface area contributed by atoms with Crippen LogP contribution in [-0.4, -0.2) is 0 Å². The standard InChI is InChI=1S/C12H16.C2H6/c1-3-4-5-9-12-10-7-6-8-11(12)2;1-2/h4-11H,3H2,1-2H3;1-2H3/b5-4-,12-9-;. The van der Waals surface area contributed by atoms with Gasteiger partial charge in [-0.2, -0.15) is 0 Å². The summed E-state index contributed by atoms with van der Waals surface area (Å²) in [6.45, 7) is 8.36. The SMILES string of the molecule is CC.CC/C=C\C=C1\C=CC=CC1C. The predicted molar refractivity (Wildman–Crippen MR) is 66.3 cm³/mol. The normalized spacial score (nSPS) is 22.6. The zero-order valence-electron chi connectivity index (χ0n) is 9.83. The third-order valence-electron chi connectivity index (χ3n) is 1.99. The van der Waals surface area contributed by atoms with Gasteiger partial charge in [0.1, 0.15) is 0 Å². The third-order valence-corrected chi connectivity index (χ3v) is 1.99. The molecule has 0 fully saturated rings. The molecule has 1 unspecified atom stereocenters. The van der Waals surface area contributed by atoms with E-state index in [0.29, 0.717) is 5.92 Å². The van der Waals surface area contributed by atoms with Crippen molar-refractivity contribution in [3.05, 3.63) is 48.1 Å². The van der Waals surface area contributed by atoms with Crippen LogP contribution in [0.4, 0.5) is 0 Å². The molecule has 0 amide bonds. The first-order valence-electron chi connectivity index (χ1n) is 5.56. The minimum Gasteiger partial charge on any atom is -0.0848 e. The van der Waals surface area contributed by atoms with Gasteiger partial charge in [-0.05, 0) is 17.9 Å². The molecule has 0 aromatic heterocycles. The Morgan fingerprint density at radius 2 is 2.00 bits per heavy atom. The predicted octanol–water partition coefficient (Wildman–Crippen LogP) is 4.67. The van der Waals surface area contributed by atoms with Crippen molar-refractivity contribution in [2.24, 2.45) is 5.92 Å². The van der Waals surface area contributed by atoms with E-state index in [9.17, 15) is 0 Å². The van der Waals surface area contributed by atoms with E-state index in [4.69, 9.17) is 0 Å². The first-order chi connectivity index (χ1) is 6.84. The van der Waals surface area contributed by atoms with E-state index in [-0.39, 0.29) is 0 Å². The number of rotatable bonds is 2. The molecule has 0 aromatic carbocycles. The molecule has 0 heterocycles. The van der Waals surface area contributed by atoms with Gasteiger partial charge < -0.3 is 0 Å². The second kappa shape index (κ2) is 8.55. The molecule has 14 heavy (non-hydrogen) atoms. The lowest BCUT2D eigenvalue weighted by Crippen LogP contribution is -1.94. The van der Waals surface area contributed by atoms with Crippen LogP contribution < -0.4 is 0 Å². The van der Waals surface area contributed by atoms with E-state index in [0.717, 1.165) is 6.42 Å². The van der Waals surface area contributed by atoms with Crippen molar-refractivity contribution < 1.29 is 0 Å². The summed E-state index contributed by atoms with van der Waals surface area (Å²) in [6, 6.07) is 0. The fourth-order valence-corrected chi connectivity index (χ4v) is 1.18. The van der Waals surface area contributed by atoms with Crippen molar-refractivity contribution in [1.82, 2.24) is 0 Å². The molecule has 0 spiro atoms. The zero-order valence-corrected chi connectivity index (χ0v) is 9.83. The van der Waals surface area contributed by atoms with Gasteiger partial charge in [-0.1, -0.05) is 70.2 Å². The maximum atomic E-state index is 2.21. The van der Waals surface area contributed by atoms with Crippen LogP contribution in [0.15, 0.2) is 48.1 Å². The number of hydrogen-bond acceptors (Lipinski definition) is 0. The highest BCUT2D eigenvalue weighted by atomic mass is 14.1. The zero-order chi connectivity index (χ0) is 10.8. The van der Waals surface area contributed by atoms with Crippen LogP contribution in [0.3, 0.4) is 0 Å². The van der Waals surface area contributed by atoms with Crippen molar-refractivity contribution in [2.75, 3.05) is 0 Å². The van der Waals surface area contributed by atoms with E-state index < -0.39 is 0 Å². The van der Waals surface area contributed by atoms with Gasteiger partial charge in [0.2, 0.25) is 0 Å². The van der Waals surface area contributed by atoms with E-state index in [1.54, 1.807) is 0 Å². The van der Waals surface area contributed by atoms with Crippen LogP contribution in [-0.2, 0) is 0 Å². The lowest BCUT2D eigenvalue weighted by atomic mass is 9.96. The summed E-state index contributed by atoms with van der Waals surface area (Å²) in [7, 11) is 0. The lowest BCUT2D eigenvalue weighted by molar-refractivity contribution is 0.883. The summed E-state index contributed by atoms with van der Waals surface area (Å²) in [5, 5.41) is 0. The smallest absolute Gasteiger partial charge is 0.000732 e. The van der Waals surface area contributed by atoms with E-state index >= 15 is 0 Å². The van der Waals surface area contributed by atoms with Crippen LogP contribution in [0, 0.1) is 5.92 Å². The first kappa shape index (κ1) is 13.0. The van der Waals surface area contributed by atoms with Crippen LogP contribution in [0.5, 0.6) is 0 Å². The lowest BCUT2D eigenvalue weighted by Gasteiger charge is -2.09. The molecular formula is C14H22. The van der Waals surface area contributed by atoms with Gasteiger partial charge in [0.15, 0.2) is 0 Å². The summed E-state index contributed by atoms with van der Waals surface area (Å²) in [5.41, 5.74) is 1.39. The summed E-state index contributed by atoms with van der Waals surface area (Å²) < 4.78 is 0. The summed E-state index contributed by atoms with van der Waals surface area (Å²) in [4.78, 5) is 0. The fraction of sp³-hybridized carbons (Fsp3) is 0.429. The minimum absolute atomic E-state index is 0.566. The van der Waals surface area contributed by atoms with Gasteiger partial charge >= 0.3 is 0 Å². The monoisotopic (exact) mass is 190 g/mol. The molecular weight excluding hydrogens is 168 g/mol. The van der Waals surface area contributed by atoms with Crippen molar-refractivity contribution in [1.29, 1.82) is 0 Å². The second-order valence-corrected chi connectivity index (χ2v) is 3.04. The molecule has 0 saturated heterocycles. The molecule has 1 atom stereocenters. The Labute approximate surface area is 88.7 Å². The second-order valence-electron chi connectivity index (χ2n) is 3.04. The highest BCUT2D eigenvalue weighted by Gasteiger charge is 2.02. The van der Waals surface area contributed by atoms with Crippen molar-refractivity contribution in [2.45, 2.75) is 34.1 Å². The molecule has 0 aliphatic heterocycles. The van der Waals surface area contributed by atoms with Crippen molar-refractivity contribution >= 4 is 0 Å². The quantitative estimate of drug-likeness (QED) is 0.593. The highest BCUT2D eigenvalue weighted by molar-refractivity contribution is 5.34. The summed E-state index contributed by atoms with van der Waals surface area (Å²) in [6.07, 6.45) is 16.2. The molecule has 0 N–H and O–H groups in total. The molecule has 1 aliphatic rings. The maximum absolute atomic E-state index is 2.21. The third kappa shape index (κ3) is 4.86. The van der Waals surface area contributed by atoms with Gasteiger partial charge in [0, 0.05) is 0 Å². The molecule has 0 saturated carbocycles. The average Bonchev–Trinajstić information content (AvgIpc) is 2.24. The molecule has 1 rings (SSSR count). The maximum Gasteiger partial charge on any atom is -0.000732 e. The summed E-state index contributed by atoms with van der Waals surface area (Å²) in [5.74, 6) is 0.566. The average molecular weight is 190 g/mol. The first-order valence-corrected chi connectivity index (χ1v) is 5.56. The van der Waals surface area contributed by atoms with Gasteiger partial charge in [-0.15, -0.1) is 0 Å².